The Labute approximate surface area is 123 Å². The Morgan fingerprint density at radius 2 is 1.95 bits per heavy atom. The fourth-order valence-electron chi connectivity index (χ4n) is 2.28. The van der Waals surface area contributed by atoms with Gasteiger partial charge in [0.25, 0.3) is 0 Å². The van der Waals surface area contributed by atoms with Gasteiger partial charge in [0.05, 0.1) is 12.8 Å². The first-order valence-corrected chi connectivity index (χ1v) is 6.66. The van der Waals surface area contributed by atoms with Crippen LogP contribution in [0.5, 0.6) is 5.75 Å². The molecular weight excluding hydrogens is 264 g/mol. The Kier molecular flexibility index (Phi) is 3.39. The van der Waals surface area contributed by atoms with Gasteiger partial charge < -0.3 is 10.1 Å². The molecule has 0 aliphatic rings. The van der Waals surface area contributed by atoms with Crippen molar-refractivity contribution in [1.82, 2.24) is 15.0 Å². The number of pyridine rings is 1. The van der Waals surface area contributed by atoms with Crippen LogP contribution in [-0.4, -0.2) is 29.1 Å². The molecule has 5 nitrogen and oxygen atoms in total. The molecule has 0 aliphatic heterocycles. The van der Waals surface area contributed by atoms with Crippen molar-refractivity contribution in [2.24, 2.45) is 0 Å². The van der Waals surface area contributed by atoms with Gasteiger partial charge in [0.1, 0.15) is 23.4 Å². The molecule has 5 heteroatoms. The summed E-state index contributed by atoms with van der Waals surface area (Å²) in [6.45, 7) is 2.02. The third-order valence-corrected chi connectivity index (χ3v) is 3.37. The predicted octanol–water partition coefficient (Wildman–Crippen LogP) is 3.05. The van der Waals surface area contributed by atoms with Crippen molar-refractivity contribution < 1.29 is 4.74 Å². The molecule has 0 fully saturated rings. The second-order valence-electron chi connectivity index (χ2n) is 4.77. The molecule has 0 amide bonds. The normalized spacial score (nSPS) is 10.6. The Morgan fingerprint density at radius 3 is 2.62 bits per heavy atom. The molecular formula is C16H16N4O. The molecule has 106 valence electrons. The van der Waals surface area contributed by atoms with Crippen LogP contribution in [0.3, 0.4) is 0 Å². The summed E-state index contributed by atoms with van der Waals surface area (Å²) >= 11 is 0. The van der Waals surface area contributed by atoms with Crippen molar-refractivity contribution in [3.8, 4) is 17.0 Å². The van der Waals surface area contributed by atoms with Crippen molar-refractivity contribution in [2.75, 3.05) is 19.5 Å². The third kappa shape index (κ3) is 2.38. The van der Waals surface area contributed by atoms with Gasteiger partial charge in [0.2, 0.25) is 0 Å². The van der Waals surface area contributed by atoms with Gasteiger partial charge in [-0.25, -0.2) is 9.97 Å². The maximum atomic E-state index is 5.47. The van der Waals surface area contributed by atoms with E-state index in [0.29, 0.717) is 5.75 Å². The average Bonchev–Trinajstić information content (AvgIpc) is 2.53. The first-order chi connectivity index (χ1) is 10.2. The van der Waals surface area contributed by atoms with Crippen LogP contribution in [0.15, 0.2) is 36.8 Å². The van der Waals surface area contributed by atoms with Crippen molar-refractivity contribution >= 4 is 16.7 Å². The van der Waals surface area contributed by atoms with Crippen LogP contribution in [0.25, 0.3) is 22.2 Å². The number of nitrogens with one attached hydrogen (secondary N) is 1. The lowest BCUT2D eigenvalue weighted by atomic mass is 10.1. The van der Waals surface area contributed by atoms with Crippen LogP contribution in [0.4, 0.5) is 5.82 Å². The molecule has 0 bridgehead atoms. The second-order valence-corrected chi connectivity index (χ2v) is 4.77. The van der Waals surface area contributed by atoms with Crippen molar-refractivity contribution in [2.45, 2.75) is 6.92 Å². The zero-order valence-corrected chi connectivity index (χ0v) is 12.2. The quantitative estimate of drug-likeness (QED) is 0.799. The van der Waals surface area contributed by atoms with Gasteiger partial charge in [-0.3, -0.25) is 4.98 Å². The van der Waals surface area contributed by atoms with E-state index in [9.17, 15) is 0 Å². The van der Waals surface area contributed by atoms with Crippen LogP contribution in [0.1, 0.15) is 5.56 Å². The van der Waals surface area contributed by atoms with E-state index in [0.717, 1.165) is 33.5 Å². The largest absolute Gasteiger partial charge is 0.494 e. The highest BCUT2D eigenvalue weighted by Crippen LogP contribution is 2.33. The van der Waals surface area contributed by atoms with Gasteiger partial charge in [-0.05, 0) is 30.7 Å². The minimum Gasteiger partial charge on any atom is -0.494 e. The number of methoxy groups -OCH3 is 1. The summed E-state index contributed by atoms with van der Waals surface area (Å²) in [5.41, 5.74) is 3.79. The predicted molar refractivity (Wildman–Crippen MR) is 83.6 cm³/mol. The molecule has 0 saturated heterocycles. The fourth-order valence-corrected chi connectivity index (χ4v) is 2.28. The number of hydrogen-bond donors (Lipinski definition) is 1. The van der Waals surface area contributed by atoms with Crippen LogP contribution in [-0.2, 0) is 0 Å². The molecule has 2 aromatic heterocycles. The van der Waals surface area contributed by atoms with Crippen LogP contribution >= 0.6 is 0 Å². The second kappa shape index (κ2) is 5.36. The summed E-state index contributed by atoms with van der Waals surface area (Å²) < 4.78 is 5.47. The highest BCUT2D eigenvalue weighted by molar-refractivity contribution is 5.96. The molecule has 0 saturated carbocycles. The highest BCUT2D eigenvalue weighted by atomic mass is 16.5. The fraction of sp³-hybridized carbons (Fsp3) is 0.188. The lowest BCUT2D eigenvalue weighted by Crippen LogP contribution is -1.97. The summed E-state index contributed by atoms with van der Waals surface area (Å²) in [7, 11) is 3.48. The molecule has 1 N–H and O–H groups in total. The SMILES string of the molecule is CNc1ncnc2c(OC)cc(-c3ccc(C)cn3)cc12. The number of aryl methyl sites for hydroxylation is 1. The first-order valence-electron chi connectivity index (χ1n) is 6.66. The van der Waals surface area contributed by atoms with E-state index in [1.165, 1.54) is 6.33 Å². The maximum absolute atomic E-state index is 5.47. The van der Waals surface area contributed by atoms with Gasteiger partial charge in [0, 0.05) is 24.2 Å². The summed E-state index contributed by atoms with van der Waals surface area (Å²) in [6, 6.07) is 8.02. The number of anilines is 1. The van der Waals surface area contributed by atoms with E-state index in [1.807, 2.05) is 44.4 Å². The van der Waals surface area contributed by atoms with Crippen molar-refractivity contribution in [3.63, 3.8) is 0 Å². The van der Waals surface area contributed by atoms with Gasteiger partial charge in [-0.15, -0.1) is 0 Å². The number of aromatic nitrogens is 3. The van der Waals surface area contributed by atoms with Gasteiger partial charge >= 0.3 is 0 Å². The lowest BCUT2D eigenvalue weighted by Gasteiger charge is -2.11. The van der Waals surface area contributed by atoms with E-state index in [4.69, 9.17) is 4.74 Å². The van der Waals surface area contributed by atoms with Crippen LogP contribution in [0, 0.1) is 6.92 Å². The molecule has 3 rings (SSSR count). The molecule has 2 heterocycles. The summed E-state index contributed by atoms with van der Waals surface area (Å²) in [6.07, 6.45) is 3.38. The molecule has 1 aromatic carbocycles. The molecule has 3 aromatic rings. The van der Waals surface area contributed by atoms with Gasteiger partial charge in [0.15, 0.2) is 0 Å². The maximum Gasteiger partial charge on any atom is 0.145 e. The molecule has 0 aliphatic carbocycles. The van der Waals surface area contributed by atoms with Crippen molar-refractivity contribution in [1.29, 1.82) is 0 Å². The van der Waals surface area contributed by atoms with Gasteiger partial charge in [-0.2, -0.15) is 0 Å². The number of fused-ring (bicyclic) bond motifs is 1. The Bertz CT molecular complexity index is 784. The minimum absolute atomic E-state index is 0.712. The zero-order chi connectivity index (χ0) is 14.8. The smallest absolute Gasteiger partial charge is 0.145 e. The monoisotopic (exact) mass is 280 g/mol. The topological polar surface area (TPSA) is 59.9 Å². The van der Waals surface area contributed by atoms with Crippen molar-refractivity contribution in [3.05, 3.63) is 42.4 Å². The van der Waals surface area contributed by atoms with E-state index in [1.54, 1.807) is 7.11 Å². The lowest BCUT2D eigenvalue weighted by molar-refractivity contribution is 0.419. The number of hydrogen-bond acceptors (Lipinski definition) is 5. The standard InChI is InChI=1S/C16H16N4O/c1-10-4-5-13(18-8-10)11-6-12-15(14(7-11)21-3)19-9-20-16(12)17-2/h4-9H,1-3H3,(H,17,19,20). The number of nitrogens with zero attached hydrogens (tertiary/aromatic N) is 3. The first kappa shape index (κ1) is 13.3. The summed E-state index contributed by atoms with van der Waals surface area (Å²) in [4.78, 5) is 13.0. The number of benzene rings is 1. The minimum atomic E-state index is 0.712. The van der Waals surface area contributed by atoms with E-state index >= 15 is 0 Å². The molecule has 0 spiro atoms. The van der Waals surface area contributed by atoms with E-state index in [-0.39, 0.29) is 0 Å². The van der Waals surface area contributed by atoms with E-state index < -0.39 is 0 Å². The van der Waals surface area contributed by atoms with Crippen LogP contribution in [0.2, 0.25) is 0 Å². The van der Waals surface area contributed by atoms with E-state index in [2.05, 4.69) is 20.3 Å². The van der Waals surface area contributed by atoms with Gasteiger partial charge in [-0.1, -0.05) is 6.07 Å². The highest BCUT2D eigenvalue weighted by Gasteiger charge is 2.11. The molecule has 21 heavy (non-hydrogen) atoms. The molecule has 0 radical (unpaired) electrons. The molecule has 0 unspecified atom stereocenters. The average molecular weight is 280 g/mol. The summed E-state index contributed by atoms with van der Waals surface area (Å²) in [5.74, 6) is 1.48. The number of ether oxygens (including phenoxy) is 1. The summed E-state index contributed by atoms with van der Waals surface area (Å²) in [5, 5.41) is 4.00. The molecule has 0 atom stereocenters. The van der Waals surface area contributed by atoms with Crippen LogP contribution < -0.4 is 10.1 Å². The third-order valence-electron chi connectivity index (χ3n) is 3.37. The Morgan fingerprint density at radius 1 is 1.10 bits per heavy atom. The Balaban J connectivity index is 2.27. The zero-order valence-electron chi connectivity index (χ0n) is 12.2. The number of rotatable bonds is 3. The Hall–Kier alpha value is -2.69.